The maximum absolute atomic E-state index is 14.6. The number of nitrogens with zero attached hydrogens (tertiary/aromatic N) is 3. The molecule has 4 rings (SSSR count). The summed E-state index contributed by atoms with van der Waals surface area (Å²) >= 11 is 0. The van der Waals surface area contributed by atoms with Gasteiger partial charge >= 0.3 is 0 Å². The lowest BCUT2D eigenvalue weighted by atomic mass is 9.96. The first-order valence-electron chi connectivity index (χ1n) is 11.5. The average Bonchev–Trinajstić information content (AvgIpc) is 2.86. The number of anilines is 3. The van der Waals surface area contributed by atoms with Crippen molar-refractivity contribution in [2.24, 2.45) is 0 Å². The molecule has 2 aromatic carbocycles. The molecule has 0 unspecified atom stereocenters. The highest BCUT2D eigenvalue weighted by Crippen LogP contribution is 2.31. The Bertz CT molecular complexity index is 1370. The van der Waals surface area contributed by atoms with Crippen molar-refractivity contribution in [1.82, 2.24) is 15.0 Å². The summed E-state index contributed by atoms with van der Waals surface area (Å²) in [6, 6.07) is 17.2. The third kappa shape index (κ3) is 5.51. The highest BCUT2D eigenvalue weighted by atomic mass is 19.1. The third-order valence-electron chi connectivity index (χ3n) is 5.83. The van der Waals surface area contributed by atoms with Crippen molar-refractivity contribution < 1.29 is 9.18 Å². The molecule has 7 heteroatoms. The van der Waals surface area contributed by atoms with Gasteiger partial charge in [0.15, 0.2) is 11.6 Å². The molecule has 0 atom stereocenters. The lowest BCUT2D eigenvalue weighted by molar-refractivity contribution is 0.0993. The molecular weight excluding hydrogens is 441 g/mol. The number of carbonyl (C=O) groups excluding carboxylic acids is 1. The third-order valence-corrected chi connectivity index (χ3v) is 5.83. The van der Waals surface area contributed by atoms with E-state index < -0.39 is 5.82 Å². The molecule has 0 amide bonds. The minimum Gasteiger partial charge on any atom is -0.357 e. The molecule has 35 heavy (non-hydrogen) atoms. The van der Waals surface area contributed by atoms with Crippen molar-refractivity contribution in [1.29, 1.82) is 0 Å². The second kappa shape index (κ2) is 10.4. The number of aromatic nitrogens is 3. The zero-order valence-electron chi connectivity index (χ0n) is 20.3. The van der Waals surface area contributed by atoms with Crippen LogP contribution in [-0.4, -0.2) is 27.8 Å². The minimum atomic E-state index is -0.552. The van der Waals surface area contributed by atoms with Gasteiger partial charge in [-0.2, -0.15) is 0 Å². The monoisotopic (exact) mass is 469 g/mol. The summed E-state index contributed by atoms with van der Waals surface area (Å²) in [6.45, 7) is 6.21. The molecule has 0 bridgehead atoms. The molecule has 0 radical (unpaired) electrons. The molecule has 0 aliphatic heterocycles. The Labute approximate surface area is 204 Å². The van der Waals surface area contributed by atoms with Crippen LogP contribution in [0.1, 0.15) is 46.8 Å². The number of rotatable bonds is 8. The van der Waals surface area contributed by atoms with Crippen molar-refractivity contribution in [3.8, 4) is 11.3 Å². The number of nitrogens with one attached hydrogen (secondary N) is 2. The van der Waals surface area contributed by atoms with E-state index in [0.29, 0.717) is 35.2 Å². The molecule has 0 fully saturated rings. The predicted molar refractivity (Wildman–Crippen MR) is 138 cm³/mol. The Kier molecular flexibility index (Phi) is 7.15. The van der Waals surface area contributed by atoms with Crippen LogP contribution in [0.5, 0.6) is 0 Å². The van der Waals surface area contributed by atoms with E-state index in [4.69, 9.17) is 0 Å². The average molecular weight is 470 g/mol. The van der Waals surface area contributed by atoms with Crippen LogP contribution in [0.15, 0.2) is 67.0 Å². The molecule has 2 heterocycles. The minimum absolute atomic E-state index is 0.0238. The molecular formula is C28H28FN5O. The number of benzene rings is 2. The second-order valence-electron chi connectivity index (χ2n) is 8.69. The first kappa shape index (κ1) is 24.0. The molecule has 4 aromatic rings. The van der Waals surface area contributed by atoms with E-state index in [1.807, 2.05) is 37.3 Å². The Morgan fingerprint density at radius 3 is 2.66 bits per heavy atom. The van der Waals surface area contributed by atoms with Crippen LogP contribution in [-0.2, 0) is 6.42 Å². The number of hydrogen-bond acceptors (Lipinski definition) is 6. The predicted octanol–water partition coefficient (Wildman–Crippen LogP) is 6.32. The van der Waals surface area contributed by atoms with Crippen molar-refractivity contribution in [3.63, 3.8) is 0 Å². The highest BCUT2D eigenvalue weighted by molar-refractivity contribution is 5.98. The van der Waals surface area contributed by atoms with E-state index in [0.717, 1.165) is 23.0 Å². The Morgan fingerprint density at radius 2 is 1.89 bits per heavy atom. The summed E-state index contributed by atoms with van der Waals surface area (Å²) in [5.74, 6) is 0.614. The first-order chi connectivity index (χ1) is 16.9. The van der Waals surface area contributed by atoms with Crippen LogP contribution in [0.25, 0.3) is 11.3 Å². The summed E-state index contributed by atoms with van der Waals surface area (Å²) in [5.41, 5.74) is 5.07. The summed E-state index contributed by atoms with van der Waals surface area (Å²) in [6.07, 6.45) is 3.07. The van der Waals surface area contributed by atoms with Gasteiger partial charge in [0.1, 0.15) is 11.5 Å². The highest BCUT2D eigenvalue weighted by Gasteiger charge is 2.16. The van der Waals surface area contributed by atoms with Crippen LogP contribution >= 0.6 is 0 Å². The van der Waals surface area contributed by atoms with Crippen LogP contribution < -0.4 is 10.6 Å². The van der Waals surface area contributed by atoms with Gasteiger partial charge in [0.2, 0.25) is 5.95 Å². The van der Waals surface area contributed by atoms with E-state index in [-0.39, 0.29) is 11.5 Å². The van der Waals surface area contributed by atoms with Crippen molar-refractivity contribution in [3.05, 3.63) is 95.1 Å². The Morgan fingerprint density at radius 1 is 1.06 bits per heavy atom. The molecule has 2 aromatic heterocycles. The zero-order chi connectivity index (χ0) is 24.9. The summed E-state index contributed by atoms with van der Waals surface area (Å²) in [5, 5.41) is 6.10. The SMILES string of the molecule is CNc1ncc(F)c(-c2cccnc2Nc2cc(C(=O)Cc3cccc(C(C)C)c3)ccc2C)n1. The maximum Gasteiger partial charge on any atom is 0.223 e. The molecule has 0 aliphatic carbocycles. The maximum atomic E-state index is 14.6. The number of aryl methyl sites for hydroxylation is 1. The second-order valence-corrected chi connectivity index (χ2v) is 8.69. The number of ketones is 1. The Balaban J connectivity index is 1.63. The lowest BCUT2D eigenvalue weighted by Gasteiger charge is -2.14. The van der Waals surface area contributed by atoms with Gasteiger partial charge in [-0.05, 0) is 47.7 Å². The number of carbonyl (C=O) groups is 1. The van der Waals surface area contributed by atoms with E-state index in [9.17, 15) is 9.18 Å². The van der Waals surface area contributed by atoms with Crippen molar-refractivity contribution >= 4 is 23.2 Å². The van der Waals surface area contributed by atoms with Gasteiger partial charge in [0, 0.05) is 36.5 Å². The molecule has 6 nitrogen and oxygen atoms in total. The largest absolute Gasteiger partial charge is 0.357 e. The molecule has 2 N–H and O–H groups in total. The van der Waals surface area contributed by atoms with Gasteiger partial charge in [-0.3, -0.25) is 4.79 Å². The first-order valence-corrected chi connectivity index (χ1v) is 11.5. The van der Waals surface area contributed by atoms with Crippen LogP contribution in [0, 0.1) is 12.7 Å². The molecule has 0 saturated heterocycles. The summed E-state index contributed by atoms with van der Waals surface area (Å²) in [4.78, 5) is 25.7. The lowest BCUT2D eigenvalue weighted by Crippen LogP contribution is -2.06. The van der Waals surface area contributed by atoms with Gasteiger partial charge in [-0.15, -0.1) is 0 Å². The molecule has 0 saturated carbocycles. The van der Waals surface area contributed by atoms with Gasteiger partial charge < -0.3 is 10.6 Å². The van der Waals surface area contributed by atoms with Crippen LogP contribution in [0.4, 0.5) is 21.8 Å². The van der Waals surface area contributed by atoms with E-state index in [1.54, 1.807) is 25.4 Å². The zero-order valence-corrected chi connectivity index (χ0v) is 20.3. The quantitative estimate of drug-likeness (QED) is 0.294. The van der Waals surface area contributed by atoms with Gasteiger partial charge in [0.25, 0.3) is 0 Å². The number of pyridine rings is 1. The Hall–Kier alpha value is -4.13. The molecule has 0 aliphatic rings. The van der Waals surface area contributed by atoms with E-state index >= 15 is 0 Å². The van der Waals surface area contributed by atoms with Gasteiger partial charge in [-0.25, -0.2) is 19.3 Å². The summed E-state index contributed by atoms with van der Waals surface area (Å²) < 4.78 is 14.6. The fourth-order valence-electron chi connectivity index (χ4n) is 3.78. The summed E-state index contributed by atoms with van der Waals surface area (Å²) in [7, 11) is 1.67. The standard InChI is InChI=1S/C28H28FN5O/c1-17(2)20-8-5-7-19(13-20)14-25(35)21-11-10-18(3)24(15-21)33-27-22(9-6-12-31-27)26-23(29)16-32-28(30-4)34-26/h5-13,15-17H,14H2,1-4H3,(H,31,33)(H,30,32,34). The van der Waals surface area contributed by atoms with Crippen molar-refractivity contribution in [2.75, 3.05) is 17.7 Å². The van der Waals surface area contributed by atoms with Crippen LogP contribution in [0.2, 0.25) is 0 Å². The fourth-order valence-corrected chi connectivity index (χ4v) is 3.78. The smallest absolute Gasteiger partial charge is 0.223 e. The number of Topliss-reactive ketones (excluding diaryl/α,β-unsaturated/α-hetero) is 1. The normalized spacial score (nSPS) is 10.9. The number of halogens is 1. The van der Waals surface area contributed by atoms with E-state index in [1.165, 1.54) is 5.56 Å². The van der Waals surface area contributed by atoms with Gasteiger partial charge in [0.05, 0.1) is 6.20 Å². The molecule has 0 spiro atoms. The molecule has 178 valence electrons. The van der Waals surface area contributed by atoms with Crippen LogP contribution in [0.3, 0.4) is 0 Å². The topological polar surface area (TPSA) is 79.8 Å². The number of hydrogen-bond donors (Lipinski definition) is 2. The van der Waals surface area contributed by atoms with Crippen molar-refractivity contribution in [2.45, 2.75) is 33.1 Å². The van der Waals surface area contributed by atoms with Gasteiger partial charge in [-0.1, -0.05) is 50.2 Å². The fraction of sp³-hybridized carbons (Fsp3) is 0.214. The van der Waals surface area contributed by atoms with E-state index in [2.05, 4.69) is 51.6 Å².